The van der Waals surface area contributed by atoms with Gasteiger partial charge in [-0.05, 0) is 60.4 Å². The lowest BCUT2D eigenvalue weighted by Crippen LogP contribution is -2.03. The van der Waals surface area contributed by atoms with Crippen molar-refractivity contribution in [1.29, 1.82) is 0 Å². The molecule has 0 aliphatic carbocycles. The van der Waals surface area contributed by atoms with Gasteiger partial charge in [0.15, 0.2) is 0 Å². The molecule has 3 aromatic rings. The van der Waals surface area contributed by atoms with E-state index in [1.807, 2.05) is 25.1 Å². The van der Waals surface area contributed by atoms with Gasteiger partial charge in [0.1, 0.15) is 12.4 Å². The Morgan fingerprint density at radius 3 is 2.31 bits per heavy atom. The third kappa shape index (κ3) is 5.60. The van der Waals surface area contributed by atoms with Crippen LogP contribution in [0.25, 0.3) is 10.4 Å². The Bertz CT molecular complexity index is 974. The van der Waals surface area contributed by atoms with Gasteiger partial charge in [-0.2, -0.15) is 13.2 Å². The minimum Gasteiger partial charge on any atom is -0.488 e. The normalized spacial score (nSPS) is 11.4. The van der Waals surface area contributed by atoms with Crippen molar-refractivity contribution in [3.8, 4) is 16.2 Å². The summed E-state index contributed by atoms with van der Waals surface area (Å²) < 4.78 is 44.0. The van der Waals surface area contributed by atoms with Crippen LogP contribution in [0.15, 0.2) is 54.6 Å². The summed E-state index contributed by atoms with van der Waals surface area (Å²) in [5.74, 6) is -0.157. The Morgan fingerprint density at radius 1 is 1.07 bits per heavy atom. The van der Waals surface area contributed by atoms with Crippen LogP contribution in [0, 0.1) is 6.92 Å². The second-order valence-electron chi connectivity index (χ2n) is 6.62. The molecule has 0 amide bonds. The smallest absolute Gasteiger partial charge is 0.416 e. The molecule has 0 spiro atoms. The van der Waals surface area contributed by atoms with E-state index in [0.717, 1.165) is 38.6 Å². The number of hydrogen-bond acceptors (Lipinski definition) is 3. The highest BCUT2D eigenvalue weighted by Crippen LogP contribution is 2.35. The van der Waals surface area contributed by atoms with E-state index >= 15 is 0 Å². The van der Waals surface area contributed by atoms with Gasteiger partial charge in [0.2, 0.25) is 0 Å². The molecule has 3 nitrogen and oxygen atoms in total. The van der Waals surface area contributed by atoms with Crippen LogP contribution in [0.2, 0.25) is 0 Å². The van der Waals surface area contributed by atoms with Crippen LogP contribution in [0.5, 0.6) is 5.75 Å². The van der Waals surface area contributed by atoms with Crippen molar-refractivity contribution in [1.82, 2.24) is 0 Å². The maximum absolute atomic E-state index is 12.7. The van der Waals surface area contributed by atoms with Gasteiger partial charge in [-0.3, -0.25) is 4.79 Å². The Kier molecular flexibility index (Phi) is 6.27. The lowest BCUT2D eigenvalue weighted by atomic mass is 10.1. The number of thiophene rings is 1. The second kappa shape index (κ2) is 8.69. The Morgan fingerprint density at radius 2 is 1.72 bits per heavy atom. The van der Waals surface area contributed by atoms with Gasteiger partial charge in [0, 0.05) is 16.2 Å². The Labute approximate surface area is 170 Å². The Hall–Kier alpha value is -2.80. The van der Waals surface area contributed by atoms with Crippen molar-refractivity contribution < 1.29 is 27.8 Å². The predicted molar refractivity (Wildman–Crippen MR) is 106 cm³/mol. The van der Waals surface area contributed by atoms with Crippen LogP contribution >= 0.6 is 11.3 Å². The average molecular weight is 420 g/mol. The van der Waals surface area contributed by atoms with Gasteiger partial charge in [-0.25, -0.2) is 0 Å². The van der Waals surface area contributed by atoms with Crippen molar-refractivity contribution >= 4 is 17.3 Å². The highest BCUT2D eigenvalue weighted by atomic mass is 32.1. The number of rotatable bonds is 7. The largest absolute Gasteiger partial charge is 0.488 e. The topological polar surface area (TPSA) is 46.5 Å². The zero-order chi connectivity index (χ0) is 21.0. The fourth-order valence-electron chi connectivity index (χ4n) is 2.78. The van der Waals surface area contributed by atoms with Gasteiger partial charge < -0.3 is 9.84 Å². The maximum Gasteiger partial charge on any atom is 0.416 e. The molecule has 0 saturated heterocycles. The number of halogens is 3. The summed E-state index contributed by atoms with van der Waals surface area (Å²) in [6, 6.07) is 14.4. The number of carboxylic acids is 1. The molecule has 1 N–H and O–H groups in total. The van der Waals surface area contributed by atoms with Crippen LogP contribution in [0.1, 0.15) is 28.0 Å². The zero-order valence-electron chi connectivity index (χ0n) is 15.6. The van der Waals surface area contributed by atoms with E-state index < -0.39 is 17.7 Å². The van der Waals surface area contributed by atoms with Crippen LogP contribution in [-0.4, -0.2) is 11.1 Å². The molecule has 0 aliphatic rings. The summed E-state index contributed by atoms with van der Waals surface area (Å²) in [7, 11) is 0. The van der Waals surface area contributed by atoms with Gasteiger partial charge >= 0.3 is 12.1 Å². The molecule has 0 unspecified atom stereocenters. The van der Waals surface area contributed by atoms with E-state index in [0.29, 0.717) is 18.8 Å². The van der Waals surface area contributed by atoms with E-state index in [2.05, 4.69) is 0 Å². The molecule has 152 valence electrons. The van der Waals surface area contributed by atoms with Crippen molar-refractivity contribution in [2.75, 3.05) is 0 Å². The molecule has 7 heteroatoms. The summed E-state index contributed by atoms with van der Waals surface area (Å²) in [5, 5.41) is 8.73. The highest BCUT2D eigenvalue weighted by Gasteiger charge is 2.30. The molecule has 2 aromatic carbocycles. The number of hydrogen-bond donors (Lipinski definition) is 1. The summed E-state index contributed by atoms with van der Waals surface area (Å²) in [5.41, 5.74) is 2.02. The third-order valence-corrected chi connectivity index (χ3v) is 5.70. The SMILES string of the molecule is Cc1cc(-c2ccc(C(F)(F)F)cc2)sc1COc1ccc(CCC(=O)O)cc1. The Balaban J connectivity index is 1.64. The maximum atomic E-state index is 12.7. The molecule has 0 aliphatic heterocycles. The van der Waals surface area contributed by atoms with Crippen LogP contribution in [0.3, 0.4) is 0 Å². The molecule has 0 atom stereocenters. The minimum absolute atomic E-state index is 0.0846. The number of carbonyl (C=O) groups is 1. The monoisotopic (exact) mass is 420 g/mol. The molecular formula is C22H19F3O3S. The number of aliphatic carboxylic acids is 1. The summed E-state index contributed by atoms with van der Waals surface area (Å²) in [4.78, 5) is 12.5. The molecule has 0 fully saturated rings. The number of alkyl halides is 3. The van der Waals surface area contributed by atoms with Gasteiger partial charge in [-0.15, -0.1) is 11.3 Å². The van der Waals surface area contributed by atoms with Crippen molar-refractivity contribution in [2.24, 2.45) is 0 Å². The lowest BCUT2D eigenvalue weighted by Gasteiger charge is -2.07. The number of benzene rings is 2. The standard InChI is InChI=1S/C22H19F3O3S/c1-14-12-19(16-5-7-17(8-6-16)22(23,24)25)29-20(14)13-28-18-9-2-15(3-10-18)4-11-21(26)27/h2-3,5-10,12H,4,11,13H2,1H3,(H,26,27). The van der Waals surface area contributed by atoms with Gasteiger partial charge in [0.25, 0.3) is 0 Å². The molecule has 0 radical (unpaired) electrons. The average Bonchev–Trinajstić information content (AvgIpc) is 3.05. The molecule has 29 heavy (non-hydrogen) atoms. The predicted octanol–water partition coefficient (Wildman–Crippen LogP) is 6.34. The first kappa shape index (κ1) is 20.9. The van der Waals surface area contributed by atoms with Crippen molar-refractivity contribution in [3.05, 3.63) is 76.2 Å². The van der Waals surface area contributed by atoms with Gasteiger partial charge in [-0.1, -0.05) is 24.3 Å². The fraction of sp³-hybridized carbons (Fsp3) is 0.227. The molecule has 3 rings (SSSR count). The molecular weight excluding hydrogens is 401 g/mol. The van der Waals surface area contributed by atoms with E-state index in [1.165, 1.54) is 23.5 Å². The molecule has 0 bridgehead atoms. The molecule has 1 aromatic heterocycles. The fourth-order valence-corrected chi connectivity index (χ4v) is 3.87. The molecule has 1 heterocycles. The first-order valence-electron chi connectivity index (χ1n) is 8.93. The summed E-state index contributed by atoms with van der Waals surface area (Å²) >= 11 is 1.49. The number of aryl methyl sites for hydroxylation is 2. The zero-order valence-corrected chi connectivity index (χ0v) is 16.4. The number of ether oxygens (including phenoxy) is 1. The van der Waals surface area contributed by atoms with E-state index in [4.69, 9.17) is 9.84 Å². The lowest BCUT2D eigenvalue weighted by molar-refractivity contribution is -0.138. The number of carboxylic acid groups (broad SMARTS) is 1. The van der Waals surface area contributed by atoms with Crippen molar-refractivity contribution in [3.63, 3.8) is 0 Å². The molecule has 0 saturated carbocycles. The minimum atomic E-state index is -4.34. The van der Waals surface area contributed by atoms with Crippen LogP contribution in [-0.2, 0) is 24.0 Å². The first-order valence-corrected chi connectivity index (χ1v) is 9.74. The van der Waals surface area contributed by atoms with Crippen LogP contribution in [0.4, 0.5) is 13.2 Å². The van der Waals surface area contributed by atoms with E-state index in [-0.39, 0.29) is 6.42 Å². The first-order chi connectivity index (χ1) is 13.7. The second-order valence-corrected chi connectivity index (χ2v) is 7.76. The van der Waals surface area contributed by atoms with E-state index in [1.54, 1.807) is 12.1 Å². The highest BCUT2D eigenvalue weighted by molar-refractivity contribution is 7.15. The quantitative estimate of drug-likeness (QED) is 0.485. The van der Waals surface area contributed by atoms with E-state index in [9.17, 15) is 18.0 Å². The summed E-state index contributed by atoms with van der Waals surface area (Å²) in [6.07, 6.45) is -3.79. The van der Waals surface area contributed by atoms with Gasteiger partial charge in [0.05, 0.1) is 5.56 Å². The summed E-state index contributed by atoms with van der Waals surface area (Å²) in [6.45, 7) is 2.30. The third-order valence-electron chi connectivity index (χ3n) is 4.44. The van der Waals surface area contributed by atoms with Crippen molar-refractivity contribution in [2.45, 2.75) is 32.5 Å². The van der Waals surface area contributed by atoms with Crippen LogP contribution < -0.4 is 4.74 Å².